The minimum Gasteiger partial charge on any atom is -0.478 e. The van der Waals surface area contributed by atoms with E-state index in [0.29, 0.717) is 40.0 Å². The summed E-state index contributed by atoms with van der Waals surface area (Å²) in [6.07, 6.45) is 4.32. The van der Waals surface area contributed by atoms with Crippen LogP contribution in [-0.4, -0.2) is 58.3 Å². The summed E-state index contributed by atoms with van der Waals surface area (Å²) in [7, 11) is 1.82. The molecule has 0 saturated carbocycles. The molecule has 1 saturated heterocycles. The summed E-state index contributed by atoms with van der Waals surface area (Å²) >= 11 is 1.36. The van der Waals surface area contributed by atoms with E-state index in [1.807, 2.05) is 17.8 Å². The van der Waals surface area contributed by atoms with Gasteiger partial charge in [0.05, 0.1) is 46.7 Å². The zero-order valence-electron chi connectivity index (χ0n) is 23.9. The van der Waals surface area contributed by atoms with Crippen molar-refractivity contribution in [3.05, 3.63) is 94.5 Å². The number of nitrogens with zero attached hydrogens (tertiary/aromatic N) is 7. The maximum absolute atomic E-state index is 15.5. The lowest BCUT2D eigenvalue weighted by Gasteiger charge is -2.27. The van der Waals surface area contributed by atoms with Gasteiger partial charge in [-0.3, -0.25) is 4.68 Å². The lowest BCUT2D eigenvalue weighted by Crippen LogP contribution is -2.31. The first-order valence-corrected chi connectivity index (χ1v) is 14.9. The van der Waals surface area contributed by atoms with Gasteiger partial charge in [0.15, 0.2) is 10.0 Å². The number of hydrogen-bond acceptors (Lipinski definition) is 9. The molecule has 7 rings (SSSR count). The molecule has 1 atom stereocenters. The maximum atomic E-state index is 15.5. The van der Waals surface area contributed by atoms with Crippen molar-refractivity contribution in [2.75, 3.05) is 6.61 Å². The molecular weight excluding hydrogens is 604 g/mol. The Morgan fingerprint density at radius 1 is 1.13 bits per heavy atom. The third-order valence-corrected chi connectivity index (χ3v) is 8.45. The molecule has 5 heterocycles. The molecule has 2 aromatic carbocycles. The SMILES string of the molecule is Cn1cc(-c2nnc(COc3cccc(-c4cc(F)c(Cc5nc6ccc(C(=O)O)cc6n5C[C@@H]5CCO5)cc4F)n3)s2)cn1. The van der Waals surface area contributed by atoms with Gasteiger partial charge in [-0.1, -0.05) is 17.4 Å². The summed E-state index contributed by atoms with van der Waals surface area (Å²) in [5.74, 6) is -1.64. The highest BCUT2D eigenvalue weighted by molar-refractivity contribution is 7.14. The van der Waals surface area contributed by atoms with Gasteiger partial charge in [0.1, 0.15) is 24.1 Å². The molecule has 228 valence electrons. The number of carboxylic acid groups (broad SMARTS) is 1. The van der Waals surface area contributed by atoms with Crippen molar-refractivity contribution in [3.8, 4) is 27.7 Å². The highest BCUT2D eigenvalue weighted by Gasteiger charge is 2.24. The fourth-order valence-corrected chi connectivity index (χ4v) is 5.84. The van der Waals surface area contributed by atoms with E-state index < -0.39 is 17.6 Å². The highest BCUT2D eigenvalue weighted by atomic mass is 32.1. The van der Waals surface area contributed by atoms with Crippen molar-refractivity contribution in [2.45, 2.75) is 32.1 Å². The Labute approximate surface area is 258 Å². The Hall–Kier alpha value is -5.08. The second-order valence-corrected chi connectivity index (χ2v) is 11.6. The van der Waals surface area contributed by atoms with E-state index in [0.717, 1.165) is 24.1 Å². The van der Waals surface area contributed by atoms with Gasteiger partial charge in [-0.25, -0.2) is 23.5 Å². The van der Waals surface area contributed by atoms with Gasteiger partial charge in [-0.15, -0.1) is 10.2 Å². The van der Waals surface area contributed by atoms with Crippen LogP contribution in [0.25, 0.3) is 32.9 Å². The molecule has 14 heteroatoms. The van der Waals surface area contributed by atoms with Gasteiger partial charge in [0, 0.05) is 37.9 Å². The zero-order valence-corrected chi connectivity index (χ0v) is 24.7. The van der Waals surface area contributed by atoms with Crippen molar-refractivity contribution < 1.29 is 28.2 Å². The summed E-state index contributed by atoms with van der Waals surface area (Å²) in [4.78, 5) is 20.6. The van der Waals surface area contributed by atoms with Crippen LogP contribution in [0.1, 0.15) is 33.2 Å². The second kappa shape index (κ2) is 11.8. The van der Waals surface area contributed by atoms with Crippen LogP contribution in [-0.2, 0) is 31.4 Å². The first-order valence-electron chi connectivity index (χ1n) is 14.0. The number of aromatic nitrogens is 7. The fourth-order valence-electron chi connectivity index (χ4n) is 5.11. The number of benzene rings is 2. The second-order valence-electron chi connectivity index (χ2n) is 10.6. The Bertz CT molecular complexity index is 2050. The molecule has 0 unspecified atom stereocenters. The molecule has 1 fully saturated rings. The molecule has 1 aliphatic rings. The predicted octanol–water partition coefficient (Wildman–Crippen LogP) is 5.29. The van der Waals surface area contributed by atoms with Gasteiger partial charge < -0.3 is 19.1 Å². The van der Waals surface area contributed by atoms with E-state index in [2.05, 4.69) is 25.3 Å². The fraction of sp³-hybridized carbons (Fsp3) is 0.226. The molecule has 0 aliphatic carbocycles. The van der Waals surface area contributed by atoms with Gasteiger partial charge in [-0.2, -0.15) is 5.10 Å². The number of imidazole rings is 1. The average Bonchev–Trinajstić information content (AvgIpc) is 3.74. The summed E-state index contributed by atoms with van der Waals surface area (Å²) in [5, 5.41) is 23.3. The number of rotatable bonds is 10. The van der Waals surface area contributed by atoms with Crippen LogP contribution in [0.2, 0.25) is 0 Å². The summed E-state index contributed by atoms with van der Waals surface area (Å²) in [6, 6.07) is 11.7. The number of aryl methyl sites for hydroxylation is 1. The number of ether oxygens (including phenoxy) is 2. The Balaban J connectivity index is 1.11. The Kier molecular flexibility index (Phi) is 7.51. The summed E-state index contributed by atoms with van der Waals surface area (Å²) in [5.41, 5.74) is 2.42. The lowest BCUT2D eigenvalue weighted by atomic mass is 10.0. The summed E-state index contributed by atoms with van der Waals surface area (Å²) < 4.78 is 45.9. The summed E-state index contributed by atoms with van der Waals surface area (Å²) in [6.45, 7) is 1.17. The van der Waals surface area contributed by atoms with Gasteiger partial charge in [0.2, 0.25) is 5.88 Å². The molecule has 1 aliphatic heterocycles. The number of carbonyl (C=O) groups is 1. The Morgan fingerprint density at radius 2 is 2.00 bits per heavy atom. The lowest BCUT2D eigenvalue weighted by molar-refractivity contribution is -0.0589. The van der Waals surface area contributed by atoms with Crippen LogP contribution in [0.3, 0.4) is 0 Å². The molecule has 0 radical (unpaired) electrons. The highest BCUT2D eigenvalue weighted by Crippen LogP contribution is 2.29. The van der Waals surface area contributed by atoms with Crippen LogP contribution in [0, 0.1) is 11.6 Å². The molecule has 4 aromatic heterocycles. The number of fused-ring (bicyclic) bond motifs is 1. The van der Waals surface area contributed by atoms with E-state index in [1.165, 1.54) is 23.5 Å². The smallest absolute Gasteiger partial charge is 0.335 e. The Morgan fingerprint density at radius 3 is 2.76 bits per heavy atom. The minimum atomic E-state index is -1.06. The van der Waals surface area contributed by atoms with Crippen molar-refractivity contribution in [3.63, 3.8) is 0 Å². The van der Waals surface area contributed by atoms with Gasteiger partial charge >= 0.3 is 5.97 Å². The molecule has 6 aromatic rings. The number of hydrogen-bond donors (Lipinski definition) is 1. The average molecular weight is 630 g/mol. The van der Waals surface area contributed by atoms with Crippen LogP contribution in [0.4, 0.5) is 8.78 Å². The topological polar surface area (TPSA) is 130 Å². The van der Waals surface area contributed by atoms with Gasteiger partial charge in [0.25, 0.3) is 0 Å². The minimum absolute atomic E-state index is 0.00764. The molecular formula is C31H25F2N7O4S. The number of halogens is 2. The molecule has 11 nitrogen and oxygen atoms in total. The van der Waals surface area contributed by atoms with E-state index in [1.54, 1.807) is 35.1 Å². The maximum Gasteiger partial charge on any atom is 0.335 e. The van der Waals surface area contributed by atoms with Crippen LogP contribution >= 0.6 is 11.3 Å². The normalized spacial score (nSPS) is 14.5. The van der Waals surface area contributed by atoms with Crippen molar-refractivity contribution in [2.24, 2.45) is 7.05 Å². The predicted molar refractivity (Wildman–Crippen MR) is 160 cm³/mol. The van der Waals surface area contributed by atoms with E-state index in [9.17, 15) is 9.90 Å². The molecule has 0 amide bonds. The number of aromatic carboxylic acids is 1. The van der Waals surface area contributed by atoms with Crippen molar-refractivity contribution in [1.82, 2.24) is 34.5 Å². The monoisotopic (exact) mass is 629 g/mol. The van der Waals surface area contributed by atoms with Crippen molar-refractivity contribution in [1.29, 1.82) is 0 Å². The first-order chi connectivity index (χ1) is 21.8. The van der Waals surface area contributed by atoms with Crippen LogP contribution < -0.4 is 4.74 Å². The first kappa shape index (κ1) is 28.7. The van der Waals surface area contributed by atoms with E-state index in [4.69, 9.17) is 9.47 Å². The molecule has 1 N–H and O–H groups in total. The van der Waals surface area contributed by atoms with Crippen LogP contribution in [0.5, 0.6) is 5.88 Å². The van der Waals surface area contributed by atoms with Crippen molar-refractivity contribution >= 4 is 28.3 Å². The third kappa shape index (κ3) is 5.89. The third-order valence-electron chi connectivity index (χ3n) is 7.50. The van der Waals surface area contributed by atoms with Gasteiger partial charge in [-0.05, 0) is 48.4 Å². The number of pyridine rings is 1. The molecule has 0 bridgehead atoms. The largest absolute Gasteiger partial charge is 0.478 e. The molecule has 45 heavy (non-hydrogen) atoms. The van der Waals surface area contributed by atoms with E-state index in [-0.39, 0.29) is 47.4 Å². The quantitative estimate of drug-likeness (QED) is 0.215. The van der Waals surface area contributed by atoms with Crippen LogP contribution in [0.15, 0.2) is 60.9 Å². The number of carboxylic acids is 1. The molecule has 0 spiro atoms. The zero-order chi connectivity index (χ0) is 31.1. The standard InChI is InChI=1S/C31H25F2N7O4S/c1-39-14-19(13-34-39)30-38-37-29(45-30)16-44-28-4-2-3-24(36-28)21-12-22(32)18(9-23(21)33)11-27-35-25-6-5-17(31(41)42)10-26(25)40(27)15-20-7-8-43-20/h2-6,9-10,12-14,20H,7-8,11,15-16H2,1H3,(H,41,42)/t20-/m0/s1. The van der Waals surface area contributed by atoms with E-state index >= 15 is 8.78 Å².